The molecule has 0 aliphatic heterocycles. The Labute approximate surface area is 127 Å². The van der Waals surface area contributed by atoms with E-state index in [1.54, 1.807) is 18.2 Å². The Bertz CT molecular complexity index is 728. The van der Waals surface area contributed by atoms with Gasteiger partial charge in [-0.3, -0.25) is 10.1 Å². The first-order chi connectivity index (χ1) is 9.51. The Morgan fingerprint density at radius 2 is 2.05 bits per heavy atom. The first kappa shape index (κ1) is 14.3. The molecule has 2 aromatic rings. The summed E-state index contributed by atoms with van der Waals surface area (Å²) in [7, 11) is 0. The Kier molecular flexibility index (Phi) is 4.23. The Morgan fingerprint density at radius 1 is 1.30 bits per heavy atom. The molecule has 0 N–H and O–H groups in total. The normalized spacial score (nSPS) is 9.85. The van der Waals surface area contributed by atoms with Crippen LogP contribution in [0, 0.1) is 21.4 Å². The Balaban J connectivity index is 2.34. The van der Waals surface area contributed by atoms with Gasteiger partial charge in [0.15, 0.2) is 0 Å². The zero-order chi connectivity index (χ0) is 14.7. The molecule has 0 saturated carbocycles. The number of nitro benzene ring substituents is 1. The number of benzene rings is 2. The van der Waals surface area contributed by atoms with E-state index >= 15 is 0 Å². The standard InChI is InChI=1S/C13H6BrClN2O3/c14-9-1-4-13(8(5-9)7-16)20-10-2-3-12(17(18)19)11(15)6-10/h1-6H. The van der Waals surface area contributed by atoms with Crippen molar-refractivity contribution in [1.82, 2.24) is 0 Å². The molecule has 5 nitrogen and oxygen atoms in total. The summed E-state index contributed by atoms with van der Waals surface area (Å²) in [5.41, 5.74) is 0.143. The second kappa shape index (κ2) is 5.90. The molecule has 0 aromatic heterocycles. The maximum atomic E-state index is 10.7. The summed E-state index contributed by atoms with van der Waals surface area (Å²) >= 11 is 9.05. The summed E-state index contributed by atoms with van der Waals surface area (Å²) in [5, 5.41) is 19.7. The number of nitrogens with zero attached hydrogens (tertiary/aromatic N) is 2. The van der Waals surface area contributed by atoms with Crippen molar-refractivity contribution in [3.63, 3.8) is 0 Å². The summed E-state index contributed by atoms with van der Waals surface area (Å²) in [5.74, 6) is 0.667. The summed E-state index contributed by atoms with van der Waals surface area (Å²) in [6.07, 6.45) is 0. The van der Waals surface area contributed by atoms with E-state index < -0.39 is 4.92 Å². The molecule has 2 aromatic carbocycles. The van der Waals surface area contributed by atoms with Crippen molar-refractivity contribution < 1.29 is 9.66 Å². The second-order valence-corrected chi connectivity index (χ2v) is 5.05. The van der Waals surface area contributed by atoms with Crippen LogP contribution < -0.4 is 4.74 Å². The van der Waals surface area contributed by atoms with Crippen LogP contribution in [0.4, 0.5) is 5.69 Å². The molecule has 0 saturated heterocycles. The summed E-state index contributed by atoms with van der Waals surface area (Å²) in [6.45, 7) is 0. The predicted octanol–water partition coefficient (Wildman–Crippen LogP) is 4.67. The van der Waals surface area contributed by atoms with Gasteiger partial charge >= 0.3 is 0 Å². The number of rotatable bonds is 3. The van der Waals surface area contributed by atoms with Gasteiger partial charge in [-0.1, -0.05) is 27.5 Å². The van der Waals surface area contributed by atoms with Crippen LogP contribution >= 0.6 is 27.5 Å². The number of ether oxygens (including phenoxy) is 1. The van der Waals surface area contributed by atoms with E-state index in [0.29, 0.717) is 17.1 Å². The molecule has 0 amide bonds. The van der Waals surface area contributed by atoms with Crippen LogP contribution in [0.15, 0.2) is 40.9 Å². The molecular weight excluding hydrogens is 348 g/mol. The molecule has 0 atom stereocenters. The molecule has 100 valence electrons. The quantitative estimate of drug-likeness (QED) is 0.593. The van der Waals surface area contributed by atoms with Crippen molar-refractivity contribution in [2.24, 2.45) is 0 Å². The van der Waals surface area contributed by atoms with Gasteiger partial charge in [0.25, 0.3) is 5.69 Å². The Morgan fingerprint density at radius 3 is 2.65 bits per heavy atom. The molecule has 0 heterocycles. The fourth-order valence-corrected chi connectivity index (χ4v) is 2.11. The van der Waals surface area contributed by atoms with Crippen molar-refractivity contribution in [2.75, 3.05) is 0 Å². The fourth-order valence-electron chi connectivity index (χ4n) is 1.50. The Hall–Kier alpha value is -2.10. The topological polar surface area (TPSA) is 76.2 Å². The van der Waals surface area contributed by atoms with Crippen LogP contribution in [-0.2, 0) is 0 Å². The van der Waals surface area contributed by atoms with Crippen molar-refractivity contribution in [3.05, 3.63) is 61.6 Å². The lowest BCUT2D eigenvalue weighted by molar-refractivity contribution is -0.384. The number of nitriles is 1. The number of hydrogen-bond acceptors (Lipinski definition) is 4. The molecule has 0 aliphatic rings. The van der Waals surface area contributed by atoms with Crippen LogP contribution in [0.5, 0.6) is 11.5 Å². The monoisotopic (exact) mass is 352 g/mol. The maximum absolute atomic E-state index is 10.7. The molecule has 20 heavy (non-hydrogen) atoms. The van der Waals surface area contributed by atoms with Crippen LogP contribution in [-0.4, -0.2) is 4.92 Å². The smallest absolute Gasteiger partial charge is 0.288 e. The summed E-state index contributed by atoms with van der Waals surface area (Å²) < 4.78 is 6.27. The van der Waals surface area contributed by atoms with Crippen molar-refractivity contribution >= 4 is 33.2 Å². The average molecular weight is 354 g/mol. The van der Waals surface area contributed by atoms with Crippen LogP contribution in [0.1, 0.15) is 5.56 Å². The van der Waals surface area contributed by atoms with Gasteiger partial charge in [0.2, 0.25) is 0 Å². The van der Waals surface area contributed by atoms with Crippen molar-refractivity contribution in [3.8, 4) is 17.6 Å². The van der Waals surface area contributed by atoms with E-state index in [-0.39, 0.29) is 10.7 Å². The third-order valence-corrected chi connectivity index (χ3v) is 3.20. The molecule has 7 heteroatoms. The minimum Gasteiger partial charge on any atom is -0.456 e. The van der Waals surface area contributed by atoms with Crippen LogP contribution in [0.25, 0.3) is 0 Å². The highest BCUT2D eigenvalue weighted by Crippen LogP contribution is 2.32. The van der Waals surface area contributed by atoms with Gasteiger partial charge in [0.05, 0.1) is 10.5 Å². The molecule has 2 rings (SSSR count). The fraction of sp³-hybridized carbons (Fsp3) is 0. The van der Waals surface area contributed by atoms with Crippen LogP contribution in [0.2, 0.25) is 5.02 Å². The highest BCUT2D eigenvalue weighted by Gasteiger charge is 2.13. The van der Waals surface area contributed by atoms with E-state index in [0.717, 1.165) is 4.47 Å². The highest BCUT2D eigenvalue weighted by molar-refractivity contribution is 9.10. The molecule has 0 unspecified atom stereocenters. The lowest BCUT2D eigenvalue weighted by Crippen LogP contribution is -1.91. The first-order valence-corrected chi connectivity index (χ1v) is 6.50. The largest absolute Gasteiger partial charge is 0.456 e. The maximum Gasteiger partial charge on any atom is 0.288 e. The second-order valence-electron chi connectivity index (χ2n) is 3.72. The third kappa shape index (κ3) is 3.07. The van der Waals surface area contributed by atoms with Gasteiger partial charge in [0, 0.05) is 16.6 Å². The highest BCUT2D eigenvalue weighted by atomic mass is 79.9. The number of hydrogen-bond donors (Lipinski definition) is 0. The zero-order valence-corrected chi connectivity index (χ0v) is 12.2. The van der Waals surface area contributed by atoms with Gasteiger partial charge in [-0.15, -0.1) is 0 Å². The van der Waals surface area contributed by atoms with Gasteiger partial charge in [-0.05, 0) is 24.3 Å². The lowest BCUT2D eigenvalue weighted by Gasteiger charge is -2.08. The van der Waals surface area contributed by atoms with E-state index in [4.69, 9.17) is 21.6 Å². The molecule has 0 radical (unpaired) electrons. The number of nitro groups is 1. The van der Waals surface area contributed by atoms with Gasteiger partial charge in [-0.2, -0.15) is 5.26 Å². The van der Waals surface area contributed by atoms with Gasteiger partial charge in [0.1, 0.15) is 22.6 Å². The summed E-state index contributed by atoms with van der Waals surface area (Å²) in [4.78, 5) is 10.1. The van der Waals surface area contributed by atoms with E-state index in [9.17, 15) is 10.1 Å². The minimum absolute atomic E-state index is 0.0249. The molecule has 0 aliphatic carbocycles. The van der Waals surface area contributed by atoms with E-state index in [2.05, 4.69) is 15.9 Å². The zero-order valence-electron chi connectivity index (χ0n) is 9.84. The van der Waals surface area contributed by atoms with E-state index in [1.165, 1.54) is 18.2 Å². The van der Waals surface area contributed by atoms with Crippen molar-refractivity contribution in [2.45, 2.75) is 0 Å². The van der Waals surface area contributed by atoms with Crippen molar-refractivity contribution in [1.29, 1.82) is 5.26 Å². The van der Waals surface area contributed by atoms with Crippen LogP contribution in [0.3, 0.4) is 0 Å². The molecule has 0 spiro atoms. The van der Waals surface area contributed by atoms with Gasteiger partial charge in [-0.25, -0.2) is 0 Å². The summed E-state index contributed by atoms with van der Waals surface area (Å²) in [6, 6.07) is 11.0. The van der Waals surface area contributed by atoms with E-state index in [1.807, 2.05) is 6.07 Å². The van der Waals surface area contributed by atoms with Gasteiger partial charge < -0.3 is 4.74 Å². The molecular formula is C13H6BrClN2O3. The lowest BCUT2D eigenvalue weighted by atomic mass is 10.2. The predicted molar refractivity (Wildman–Crippen MR) is 77.0 cm³/mol. The number of halogens is 2. The third-order valence-electron chi connectivity index (χ3n) is 2.41. The molecule has 0 bridgehead atoms. The first-order valence-electron chi connectivity index (χ1n) is 5.32. The average Bonchev–Trinajstić information content (AvgIpc) is 2.40. The minimum atomic E-state index is -0.577. The molecule has 0 fully saturated rings. The SMILES string of the molecule is N#Cc1cc(Br)ccc1Oc1ccc([N+](=O)[O-])c(Cl)c1.